The fraction of sp³-hybridized carbons (Fsp3) is 0.133. The number of amides is 1. The summed E-state index contributed by atoms with van der Waals surface area (Å²) in [5, 5.41) is 0.789. The molecule has 21 heavy (non-hydrogen) atoms. The number of carbonyl (C=O) groups excluding carboxylic acids is 1. The highest BCUT2D eigenvalue weighted by molar-refractivity contribution is 6.42. The molecule has 3 nitrogen and oxygen atoms in total. The standard InChI is InChI=1S/C15H13Cl2FN2O/c1-20(8-9-3-2-4-12(16)14(9)17)15(21)11-7-10(19)5-6-13(11)18/h2-7H,8,19H2,1H3. The molecule has 0 aliphatic rings. The maximum absolute atomic E-state index is 13.7. The van der Waals surface area contributed by atoms with Gasteiger partial charge in [-0.05, 0) is 29.8 Å². The van der Waals surface area contributed by atoms with Gasteiger partial charge in [-0.1, -0.05) is 35.3 Å². The summed E-state index contributed by atoms with van der Waals surface area (Å²) in [4.78, 5) is 13.6. The fourth-order valence-electron chi connectivity index (χ4n) is 1.91. The smallest absolute Gasteiger partial charge is 0.256 e. The molecule has 0 aliphatic heterocycles. The van der Waals surface area contributed by atoms with Crippen LogP contribution in [0.15, 0.2) is 36.4 Å². The number of hydrogen-bond donors (Lipinski definition) is 1. The van der Waals surface area contributed by atoms with Crippen LogP contribution in [0.2, 0.25) is 10.0 Å². The summed E-state index contributed by atoms with van der Waals surface area (Å²) in [6.45, 7) is 0.215. The van der Waals surface area contributed by atoms with Gasteiger partial charge < -0.3 is 10.6 Å². The van der Waals surface area contributed by atoms with Gasteiger partial charge in [-0.15, -0.1) is 0 Å². The van der Waals surface area contributed by atoms with Crippen LogP contribution in [0.1, 0.15) is 15.9 Å². The Labute approximate surface area is 132 Å². The number of nitrogens with two attached hydrogens (primary N) is 1. The molecule has 0 aromatic heterocycles. The van der Waals surface area contributed by atoms with E-state index in [1.165, 1.54) is 23.1 Å². The molecule has 110 valence electrons. The first-order chi connectivity index (χ1) is 9.90. The zero-order valence-electron chi connectivity index (χ0n) is 11.2. The van der Waals surface area contributed by atoms with Crippen LogP contribution in [0.4, 0.5) is 10.1 Å². The van der Waals surface area contributed by atoms with Crippen molar-refractivity contribution in [2.45, 2.75) is 6.54 Å². The van der Waals surface area contributed by atoms with Crippen molar-refractivity contribution in [3.63, 3.8) is 0 Å². The Balaban J connectivity index is 2.24. The number of benzene rings is 2. The van der Waals surface area contributed by atoms with Crippen LogP contribution in [0.25, 0.3) is 0 Å². The quantitative estimate of drug-likeness (QED) is 0.867. The van der Waals surface area contributed by atoms with Gasteiger partial charge in [-0.2, -0.15) is 0 Å². The van der Waals surface area contributed by atoms with E-state index in [0.717, 1.165) is 0 Å². The lowest BCUT2D eigenvalue weighted by Gasteiger charge is -2.19. The molecule has 2 N–H and O–H groups in total. The van der Waals surface area contributed by atoms with Crippen LogP contribution in [-0.2, 0) is 6.54 Å². The van der Waals surface area contributed by atoms with E-state index in [1.807, 2.05) is 0 Å². The molecule has 0 fully saturated rings. The van der Waals surface area contributed by atoms with E-state index in [0.29, 0.717) is 21.3 Å². The minimum absolute atomic E-state index is 0.0735. The molecule has 2 aromatic carbocycles. The number of nitrogen functional groups attached to an aromatic ring is 1. The maximum Gasteiger partial charge on any atom is 0.256 e. The Morgan fingerprint density at radius 3 is 2.71 bits per heavy atom. The predicted molar refractivity (Wildman–Crippen MR) is 83.1 cm³/mol. The number of carbonyl (C=O) groups is 1. The number of rotatable bonds is 3. The summed E-state index contributed by atoms with van der Waals surface area (Å²) >= 11 is 12.0. The van der Waals surface area contributed by atoms with Crippen molar-refractivity contribution < 1.29 is 9.18 Å². The van der Waals surface area contributed by atoms with E-state index >= 15 is 0 Å². The Morgan fingerprint density at radius 1 is 1.29 bits per heavy atom. The Hall–Kier alpha value is -1.78. The fourth-order valence-corrected chi connectivity index (χ4v) is 2.29. The van der Waals surface area contributed by atoms with Gasteiger partial charge in [0.2, 0.25) is 0 Å². The Kier molecular flexibility index (Phi) is 4.70. The summed E-state index contributed by atoms with van der Waals surface area (Å²) < 4.78 is 13.7. The van der Waals surface area contributed by atoms with Gasteiger partial charge in [0.1, 0.15) is 5.82 Å². The summed E-state index contributed by atoms with van der Waals surface area (Å²) in [5.74, 6) is -1.09. The first-order valence-corrected chi connectivity index (χ1v) is 6.89. The molecule has 0 heterocycles. The summed E-state index contributed by atoms with van der Waals surface area (Å²) in [6, 6.07) is 9.04. The molecule has 0 bridgehead atoms. The second-order valence-electron chi connectivity index (χ2n) is 4.61. The lowest BCUT2D eigenvalue weighted by molar-refractivity contribution is 0.0780. The van der Waals surface area contributed by atoms with Gasteiger partial charge in [0.05, 0.1) is 15.6 Å². The molecule has 1 amide bonds. The maximum atomic E-state index is 13.7. The van der Waals surface area contributed by atoms with E-state index in [4.69, 9.17) is 28.9 Å². The number of anilines is 1. The normalized spacial score (nSPS) is 10.5. The summed E-state index contributed by atoms with van der Waals surface area (Å²) in [6.07, 6.45) is 0. The summed E-state index contributed by atoms with van der Waals surface area (Å²) in [5.41, 5.74) is 6.52. The second-order valence-corrected chi connectivity index (χ2v) is 5.40. The van der Waals surface area contributed by atoms with Crippen LogP contribution in [0, 0.1) is 5.82 Å². The molecule has 0 unspecified atom stereocenters. The van der Waals surface area contributed by atoms with Gasteiger partial charge in [0, 0.05) is 19.3 Å². The van der Waals surface area contributed by atoms with Crippen LogP contribution >= 0.6 is 23.2 Å². The highest BCUT2D eigenvalue weighted by Crippen LogP contribution is 2.26. The number of nitrogens with zero attached hydrogens (tertiary/aromatic N) is 1. The van der Waals surface area contributed by atoms with E-state index in [1.54, 1.807) is 25.2 Å². The average Bonchev–Trinajstić information content (AvgIpc) is 2.45. The van der Waals surface area contributed by atoms with Gasteiger partial charge >= 0.3 is 0 Å². The zero-order chi connectivity index (χ0) is 15.6. The Bertz CT molecular complexity index is 691. The van der Waals surface area contributed by atoms with Crippen molar-refractivity contribution in [1.29, 1.82) is 0 Å². The number of halogens is 3. The third-order valence-corrected chi connectivity index (χ3v) is 3.86. The first kappa shape index (κ1) is 15.6. The largest absolute Gasteiger partial charge is 0.399 e. The monoisotopic (exact) mass is 326 g/mol. The second kappa shape index (κ2) is 6.33. The van der Waals surface area contributed by atoms with Crippen LogP contribution in [0.5, 0.6) is 0 Å². The van der Waals surface area contributed by atoms with Crippen molar-refractivity contribution >= 4 is 34.8 Å². The third kappa shape index (κ3) is 3.46. The number of hydrogen-bond acceptors (Lipinski definition) is 2. The van der Waals surface area contributed by atoms with Gasteiger partial charge in [-0.25, -0.2) is 4.39 Å². The van der Waals surface area contributed by atoms with E-state index in [2.05, 4.69) is 0 Å². The first-order valence-electron chi connectivity index (χ1n) is 6.13. The van der Waals surface area contributed by atoms with E-state index < -0.39 is 11.7 Å². The lowest BCUT2D eigenvalue weighted by Crippen LogP contribution is -2.27. The van der Waals surface area contributed by atoms with E-state index in [-0.39, 0.29) is 12.1 Å². The minimum Gasteiger partial charge on any atom is -0.399 e. The van der Waals surface area contributed by atoms with Crippen molar-refractivity contribution in [2.75, 3.05) is 12.8 Å². The summed E-state index contributed by atoms with van der Waals surface area (Å²) in [7, 11) is 1.56. The highest BCUT2D eigenvalue weighted by atomic mass is 35.5. The van der Waals surface area contributed by atoms with Gasteiger partial charge in [-0.3, -0.25) is 4.79 Å². The average molecular weight is 327 g/mol. The molecule has 0 spiro atoms. The molecule has 6 heteroatoms. The molecule has 0 saturated heterocycles. The lowest BCUT2D eigenvalue weighted by atomic mass is 10.1. The molecule has 0 saturated carbocycles. The minimum atomic E-state index is -0.613. The molecule has 0 atom stereocenters. The predicted octanol–water partition coefficient (Wildman–Crippen LogP) is 3.99. The van der Waals surface area contributed by atoms with Crippen molar-refractivity contribution in [2.24, 2.45) is 0 Å². The van der Waals surface area contributed by atoms with Crippen molar-refractivity contribution in [3.05, 3.63) is 63.4 Å². The molecule has 0 radical (unpaired) electrons. The molecular weight excluding hydrogens is 314 g/mol. The van der Waals surface area contributed by atoms with Crippen molar-refractivity contribution in [3.8, 4) is 0 Å². The third-order valence-electron chi connectivity index (χ3n) is 3.01. The molecule has 2 rings (SSSR count). The van der Waals surface area contributed by atoms with Crippen LogP contribution in [0.3, 0.4) is 0 Å². The Morgan fingerprint density at radius 2 is 2.00 bits per heavy atom. The van der Waals surface area contributed by atoms with Gasteiger partial charge in [0.25, 0.3) is 5.91 Å². The SMILES string of the molecule is CN(Cc1cccc(Cl)c1Cl)C(=O)c1cc(N)ccc1F. The topological polar surface area (TPSA) is 46.3 Å². The molecular formula is C15H13Cl2FN2O. The van der Waals surface area contributed by atoms with Crippen LogP contribution < -0.4 is 5.73 Å². The van der Waals surface area contributed by atoms with Crippen molar-refractivity contribution in [1.82, 2.24) is 4.90 Å². The molecule has 2 aromatic rings. The molecule has 0 aliphatic carbocycles. The highest BCUT2D eigenvalue weighted by Gasteiger charge is 2.18. The van der Waals surface area contributed by atoms with Gasteiger partial charge in [0.15, 0.2) is 0 Å². The van der Waals surface area contributed by atoms with Crippen LogP contribution in [-0.4, -0.2) is 17.9 Å². The van der Waals surface area contributed by atoms with E-state index in [9.17, 15) is 9.18 Å². The zero-order valence-corrected chi connectivity index (χ0v) is 12.7.